The number of fused-ring (bicyclic) bond motifs is 1. The van der Waals surface area contributed by atoms with Gasteiger partial charge in [-0.05, 0) is 6.92 Å². The summed E-state index contributed by atoms with van der Waals surface area (Å²) in [6, 6.07) is 14.2. The van der Waals surface area contributed by atoms with Gasteiger partial charge in [0.15, 0.2) is 11.2 Å². The highest BCUT2D eigenvalue weighted by molar-refractivity contribution is 7.15. The van der Waals surface area contributed by atoms with E-state index in [-0.39, 0.29) is 5.69 Å². The van der Waals surface area contributed by atoms with E-state index in [9.17, 15) is 14.9 Å². The van der Waals surface area contributed by atoms with Crippen molar-refractivity contribution in [2.75, 3.05) is 0 Å². The lowest BCUT2D eigenvalue weighted by atomic mass is 10.1. The Labute approximate surface area is 152 Å². The Morgan fingerprint density at radius 3 is 2.62 bits per heavy atom. The first-order valence-corrected chi connectivity index (χ1v) is 8.73. The van der Waals surface area contributed by atoms with Crippen LogP contribution in [0.3, 0.4) is 0 Å². The Morgan fingerprint density at radius 1 is 1.15 bits per heavy atom. The first-order chi connectivity index (χ1) is 12.6. The maximum Gasteiger partial charge on any atom is 0.270 e. The molecule has 0 aliphatic rings. The van der Waals surface area contributed by atoms with Crippen LogP contribution in [0.25, 0.3) is 27.5 Å². The molecule has 2 aromatic heterocycles. The van der Waals surface area contributed by atoms with Gasteiger partial charge in [0, 0.05) is 28.6 Å². The van der Waals surface area contributed by atoms with Gasteiger partial charge in [-0.2, -0.15) is 0 Å². The fourth-order valence-corrected chi connectivity index (χ4v) is 3.80. The van der Waals surface area contributed by atoms with Gasteiger partial charge in [0.2, 0.25) is 0 Å². The van der Waals surface area contributed by atoms with Gasteiger partial charge in [-0.25, -0.2) is 4.98 Å². The number of hydrogen-bond acceptors (Lipinski definition) is 5. The highest BCUT2D eigenvalue weighted by Gasteiger charge is 2.19. The number of carbonyl (C=O) groups is 1. The summed E-state index contributed by atoms with van der Waals surface area (Å²) < 4.78 is 1.76. The zero-order valence-electron chi connectivity index (χ0n) is 13.7. The SMILES string of the molecule is Cc1ccc(-c2nc3scc(-c4cccc([N+](=O)[O-])c4)n3c2C=O)cc1. The number of hydrogen-bond donors (Lipinski definition) is 0. The standard InChI is InChI=1S/C19H13N3O3S/c1-12-5-7-13(8-6-12)18-16(10-23)21-17(11-26-19(21)20-18)14-3-2-4-15(9-14)22(24)25/h2-11H,1H3. The summed E-state index contributed by atoms with van der Waals surface area (Å²) >= 11 is 1.39. The topological polar surface area (TPSA) is 77.5 Å². The molecule has 0 aliphatic carbocycles. The summed E-state index contributed by atoms with van der Waals surface area (Å²) in [5.74, 6) is 0. The average Bonchev–Trinajstić information content (AvgIpc) is 3.21. The van der Waals surface area contributed by atoms with E-state index in [0.717, 1.165) is 17.4 Å². The molecule has 0 bridgehead atoms. The number of aldehydes is 1. The lowest BCUT2D eigenvalue weighted by molar-refractivity contribution is -0.384. The normalized spacial score (nSPS) is 11.0. The number of carbonyl (C=O) groups excluding carboxylic acids is 1. The lowest BCUT2D eigenvalue weighted by Gasteiger charge is -2.03. The van der Waals surface area contributed by atoms with Crippen molar-refractivity contribution >= 4 is 28.3 Å². The minimum Gasteiger partial charge on any atom is -0.296 e. The van der Waals surface area contributed by atoms with Gasteiger partial charge in [0.05, 0.1) is 10.6 Å². The van der Waals surface area contributed by atoms with Crippen LogP contribution >= 0.6 is 11.3 Å². The molecule has 0 atom stereocenters. The Balaban J connectivity index is 1.93. The molecule has 0 amide bonds. The number of non-ortho nitro benzene ring substituents is 1. The quantitative estimate of drug-likeness (QED) is 0.297. The Bertz CT molecular complexity index is 1140. The molecular weight excluding hydrogens is 350 g/mol. The van der Waals surface area contributed by atoms with Crippen molar-refractivity contribution in [3.8, 4) is 22.5 Å². The summed E-state index contributed by atoms with van der Waals surface area (Å²) in [7, 11) is 0. The van der Waals surface area contributed by atoms with Crippen LogP contribution in [0.2, 0.25) is 0 Å². The van der Waals surface area contributed by atoms with Crippen molar-refractivity contribution in [3.63, 3.8) is 0 Å². The van der Waals surface area contributed by atoms with E-state index >= 15 is 0 Å². The number of nitrogens with zero attached hydrogens (tertiary/aromatic N) is 3. The van der Waals surface area contributed by atoms with Crippen molar-refractivity contribution in [2.45, 2.75) is 6.92 Å². The summed E-state index contributed by atoms with van der Waals surface area (Å²) in [6.45, 7) is 2.00. The van der Waals surface area contributed by atoms with Crippen LogP contribution in [0.15, 0.2) is 53.9 Å². The van der Waals surface area contributed by atoms with Crippen LogP contribution < -0.4 is 0 Å². The van der Waals surface area contributed by atoms with E-state index in [1.165, 1.54) is 23.5 Å². The number of imidazole rings is 1. The molecule has 6 nitrogen and oxygen atoms in total. The summed E-state index contributed by atoms with van der Waals surface area (Å²) in [5, 5.41) is 12.9. The number of benzene rings is 2. The third-order valence-corrected chi connectivity index (χ3v) is 5.01. The summed E-state index contributed by atoms with van der Waals surface area (Å²) in [4.78, 5) is 27.7. The first kappa shape index (κ1) is 16.2. The van der Waals surface area contributed by atoms with Crippen LogP contribution in [0.5, 0.6) is 0 Å². The van der Waals surface area contributed by atoms with E-state index in [4.69, 9.17) is 0 Å². The van der Waals surface area contributed by atoms with Gasteiger partial charge in [-0.3, -0.25) is 19.3 Å². The van der Waals surface area contributed by atoms with E-state index < -0.39 is 4.92 Å². The molecule has 0 N–H and O–H groups in total. The molecular formula is C19H13N3O3S. The molecule has 2 aromatic carbocycles. The van der Waals surface area contributed by atoms with Crippen LogP contribution in [0.1, 0.15) is 16.1 Å². The fourth-order valence-electron chi connectivity index (χ4n) is 2.89. The molecule has 2 heterocycles. The number of rotatable bonds is 4. The van der Waals surface area contributed by atoms with Crippen molar-refractivity contribution < 1.29 is 9.72 Å². The molecule has 0 radical (unpaired) electrons. The van der Waals surface area contributed by atoms with Crippen LogP contribution in [-0.2, 0) is 0 Å². The highest BCUT2D eigenvalue weighted by atomic mass is 32.1. The third-order valence-electron chi connectivity index (χ3n) is 4.19. The second-order valence-corrected chi connectivity index (χ2v) is 6.71. The molecule has 0 spiro atoms. The monoisotopic (exact) mass is 363 g/mol. The molecule has 4 rings (SSSR count). The molecule has 7 heteroatoms. The fraction of sp³-hybridized carbons (Fsp3) is 0.0526. The molecule has 0 saturated heterocycles. The molecule has 128 valence electrons. The maximum atomic E-state index is 11.8. The van der Waals surface area contributed by atoms with E-state index in [1.54, 1.807) is 16.5 Å². The van der Waals surface area contributed by atoms with Gasteiger partial charge < -0.3 is 0 Å². The summed E-state index contributed by atoms with van der Waals surface area (Å²) in [5.41, 5.74) is 4.42. The number of nitro benzene ring substituents is 1. The molecule has 0 fully saturated rings. The molecule has 4 aromatic rings. The van der Waals surface area contributed by atoms with Crippen LogP contribution in [0, 0.1) is 17.0 Å². The Kier molecular flexibility index (Phi) is 3.85. The molecule has 0 aliphatic heterocycles. The van der Waals surface area contributed by atoms with Crippen molar-refractivity contribution in [1.82, 2.24) is 9.38 Å². The van der Waals surface area contributed by atoms with Gasteiger partial charge >= 0.3 is 0 Å². The molecule has 0 saturated carbocycles. The number of thiazole rings is 1. The smallest absolute Gasteiger partial charge is 0.270 e. The minimum absolute atomic E-state index is 0.00776. The minimum atomic E-state index is -0.431. The van der Waals surface area contributed by atoms with Crippen molar-refractivity contribution in [1.29, 1.82) is 0 Å². The van der Waals surface area contributed by atoms with E-state index in [0.29, 0.717) is 27.6 Å². The second-order valence-electron chi connectivity index (χ2n) is 5.88. The predicted molar refractivity (Wildman–Crippen MR) is 101 cm³/mol. The van der Waals surface area contributed by atoms with E-state index in [2.05, 4.69) is 4.98 Å². The lowest BCUT2D eigenvalue weighted by Crippen LogP contribution is -1.95. The van der Waals surface area contributed by atoms with Gasteiger partial charge in [-0.15, -0.1) is 11.3 Å². The van der Waals surface area contributed by atoms with Crippen molar-refractivity contribution in [3.05, 3.63) is 75.3 Å². The Hall–Kier alpha value is -3.32. The second kappa shape index (κ2) is 6.20. The largest absolute Gasteiger partial charge is 0.296 e. The van der Waals surface area contributed by atoms with Crippen LogP contribution in [-0.4, -0.2) is 20.6 Å². The number of aromatic nitrogens is 2. The zero-order valence-corrected chi connectivity index (χ0v) is 14.6. The Morgan fingerprint density at radius 2 is 1.92 bits per heavy atom. The molecule has 0 unspecified atom stereocenters. The highest BCUT2D eigenvalue weighted by Crippen LogP contribution is 2.33. The van der Waals surface area contributed by atoms with Crippen molar-refractivity contribution in [2.24, 2.45) is 0 Å². The average molecular weight is 363 g/mol. The van der Waals surface area contributed by atoms with Gasteiger partial charge in [-0.1, -0.05) is 42.0 Å². The van der Waals surface area contributed by atoms with Gasteiger partial charge in [0.25, 0.3) is 5.69 Å². The number of nitro groups is 1. The van der Waals surface area contributed by atoms with E-state index in [1.807, 2.05) is 36.6 Å². The first-order valence-electron chi connectivity index (χ1n) is 7.85. The third kappa shape index (κ3) is 2.58. The zero-order chi connectivity index (χ0) is 18.3. The summed E-state index contributed by atoms with van der Waals surface area (Å²) in [6.07, 6.45) is 0.781. The maximum absolute atomic E-state index is 11.8. The number of aryl methyl sites for hydroxylation is 1. The van der Waals surface area contributed by atoms with Gasteiger partial charge in [0.1, 0.15) is 11.4 Å². The predicted octanol–water partition coefficient (Wildman–Crippen LogP) is 4.76. The van der Waals surface area contributed by atoms with Crippen LogP contribution in [0.4, 0.5) is 5.69 Å². The molecule has 26 heavy (non-hydrogen) atoms.